The molecule has 0 aliphatic heterocycles. The molecule has 0 bridgehead atoms. The molecule has 0 aliphatic rings. The first-order valence-electron chi connectivity index (χ1n) is 6.62. The van der Waals surface area contributed by atoms with Crippen LogP contribution in [0, 0.1) is 5.92 Å². The quantitative estimate of drug-likeness (QED) is 0.411. The summed E-state index contributed by atoms with van der Waals surface area (Å²) in [6.45, 7) is 5.97. The van der Waals surface area contributed by atoms with Crippen LogP contribution in [0.25, 0.3) is 0 Å². The van der Waals surface area contributed by atoms with Crippen LogP contribution in [-0.2, 0) is 4.79 Å². The summed E-state index contributed by atoms with van der Waals surface area (Å²) in [4.78, 5) is 11.3. The second kappa shape index (κ2) is 11.4. The summed E-state index contributed by atoms with van der Waals surface area (Å²) in [6.07, 6.45) is 17.6. The van der Waals surface area contributed by atoms with E-state index in [9.17, 15) is 4.79 Å². The molecule has 0 saturated heterocycles. The summed E-state index contributed by atoms with van der Waals surface area (Å²) in [6, 6.07) is 0. The molecule has 0 aromatic carbocycles. The molecule has 0 N–H and O–H groups in total. The lowest BCUT2D eigenvalue weighted by Gasteiger charge is -2.01. The van der Waals surface area contributed by atoms with Crippen molar-refractivity contribution in [3.05, 3.63) is 36.5 Å². The fraction of sp³-hybridized carbons (Fsp3) is 0.562. The number of carbonyl (C=O) groups excluding carboxylic acids is 1. The highest BCUT2D eigenvalue weighted by Crippen LogP contribution is 2.05. The third-order valence-electron chi connectivity index (χ3n) is 2.55. The first kappa shape index (κ1) is 15.9. The Labute approximate surface area is 106 Å². The SMILES string of the molecule is C/C=C\C/C=C\C/C=C\CCCC(=O)C(C)C. The minimum absolute atomic E-state index is 0.188. The van der Waals surface area contributed by atoms with Gasteiger partial charge in [0.1, 0.15) is 5.78 Å². The second-order valence-corrected chi connectivity index (χ2v) is 4.50. The predicted molar refractivity (Wildman–Crippen MR) is 76.0 cm³/mol. The van der Waals surface area contributed by atoms with Gasteiger partial charge in [0.2, 0.25) is 0 Å². The van der Waals surface area contributed by atoms with E-state index >= 15 is 0 Å². The predicted octanol–water partition coefficient (Wildman–Crippen LogP) is 4.85. The summed E-state index contributed by atoms with van der Waals surface area (Å²) < 4.78 is 0. The zero-order valence-corrected chi connectivity index (χ0v) is 11.5. The highest BCUT2D eigenvalue weighted by Gasteiger charge is 2.04. The van der Waals surface area contributed by atoms with Crippen LogP contribution in [0.1, 0.15) is 52.9 Å². The van der Waals surface area contributed by atoms with Crippen molar-refractivity contribution in [3.63, 3.8) is 0 Å². The number of hydrogen-bond acceptors (Lipinski definition) is 1. The molecule has 0 spiro atoms. The first-order chi connectivity index (χ1) is 8.18. The lowest BCUT2D eigenvalue weighted by Crippen LogP contribution is -2.05. The van der Waals surface area contributed by atoms with Gasteiger partial charge in [0, 0.05) is 12.3 Å². The first-order valence-corrected chi connectivity index (χ1v) is 6.62. The number of ketones is 1. The smallest absolute Gasteiger partial charge is 0.135 e. The van der Waals surface area contributed by atoms with E-state index in [2.05, 4.69) is 36.5 Å². The third kappa shape index (κ3) is 11.2. The van der Waals surface area contributed by atoms with Gasteiger partial charge in [-0.3, -0.25) is 4.79 Å². The Hall–Kier alpha value is -1.11. The second-order valence-electron chi connectivity index (χ2n) is 4.50. The van der Waals surface area contributed by atoms with Gasteiger partial charge in [-0.25, -0.2) is 0 Å². The van der Waals surface area contributed by atoms with E-state index < -0.39 is 0 Å². The zero-order valence-electron chi connectivity index (χ0n) is 11.5. The van der Waals surface area contributed by atoms with Gasteiger partial charge in [-0.15, -0.1) is 0 Å². The van der Waals surface area contributed by atoms with Gasteiger partial charge in [0.05, 0.1) is 0 Å². The molecule has 1 nitrogen and oxygen atoms in total. The molecule has 0 radical (unpaired) electrons. The lowest BCUT2D eigenvalue weighted by atomic mass is 10.0. The number of Topliss-reactive ketones (excluding diaryl/α,β-unsaturated/α-hetero) is 1. The van der Waals surface area contributed by atoms with Crippen LogP contribution in [0.15, 0.2) is 36.5 Å². The summed E-state index contributed by atoms with van der Waals surface area (Å²) >= 11 is 0. The number of carbonyl (C=O) groups is 1. The standard InChI is InChI=1S/C16H26O/c1-4-5-6-7-8-9-10-11-12-13-14-16(17)15(2)3/h4-5,7-8,10-11,15H,6,9,12-14H2,1-3H3/b5-4-,8-7-,11-10-. The van der Waals surface area contributed by atoms with Gasteiger partial charge >= 0.3 is 0 Å². The van der Waals surface area contributed by atoms with E-state index in [4.69, 9.17) is 0 Å². The maximum Gasteiger partial charge on any atom is 0.135 e. The number of hydrogen-bond donors (Lipinski definition) is 0. The van der Waals surface area contributed by atoms with Crippen LogP contribution in [-0.4, -0.2) is 5.78 Å². The fourth-order valence-corrected chi connectivity index (χ4v) is 1.38. The summed E-state index contributed by atoms with van der Waals surface area (Å²) in [5.74, 6) is 0.568. The van der Waals surface area contributed by atoms with Crippen molar-refractivity contribution < 1.29 is 4.79 Å². The number of rotatable bonds is 9. The van der Waals surface area contributed by atoms with E-state index in [-0.39, 0.29) is 5.92 Å². The van der Waals surface area contributed by atoms with Gasteiger partial charge in [-0.1, -0.05) is 50.3 Å². The zero-order chi connectivity index (χ0) is 12.9. The Bertz CT molecular complexity index is 269. The van der Waals surface area contributed by atoms with E-state index in [0.717, 1.165) is 32.1 Å². The van der Waals surface area contributed by atoms with E-state index in [1.165, 1.54) is 0 Å². The molecule has 96 valence electrons. The molecule has 0 atom stereocenters. The van der Waals surface area contributed by atoms with Gasteiger partial charge < -0.3 is 0 Å². The van der Waals surface area contributed by atoms with Crippen LogP contribution in [0.4, 0.5) is 0 Å². The van der Waals surface area contributed by atoms with Gasteiger partial charge in [0.25, 0.3) is 0 Å². The fourth-order valence-electron chi connectivity index (χ4n) is 1.38. The molecule has 0 rings (SSSR count). The third-order valence-corrected chi connectivity index (χ3v) is 2.55. The highest BCUT2D eigenvalue weighted by atomic mass is 16.1. The Morgan fingerprint density at radius 1 is 1.00 bits per heavy atom. The lowest BCUT2D eigenvalue weighted by molar-refractivity contribution is -0.121. The molecule has 1 heteroatoms. The molecule has 0 fully saturated rings. The van der Waals surface area contributed by atoms with Crippen molar-refractivity contribution >= 4 is 5.78 Å². The van der Waals surface area contributed by atoms with Crippen molar-refractivity contribution in [2.45, 2.75) is 52.9 Å². The summed E-state index contributed by atoms with van der Waals surface area (Å²) in [5.41, 5.74) is 0. The minimum atomic E-state index is 0.188. The van der Waals surface area contributed by atoms with Crippen molar-refractivity contribution in [1.29, 1.82) is 0 Å². The Morgan fingerprint density at radius 3 is 2.18 bits per heavy atom. The van der Waals surface area contributed by atoms with Crippen molar-refractivity contribution in [2.75, 3.05) is 0 Å². The van der Waals surface area contributed by atoms with Crippen molar-refractivity contribution in [2.24, 2.45) is 5.92 Å². The largest absolute Gasteiger partial charge is 0.299 e. The van der Waals surface area contributed by atoms with Crippen LogP contribution < -0.4 is 0 Å². The van der Waals surface area contributed by atoms with Crippen LogP contribution in [0.5, 0.6) is 0 Å². The average Bonchev–Trinajstić information content (AvgIpc) is 2.31. The maximum absolute atomic E-state index is 11.3. The van der Waals surface area contributed by atoms with Crippen molar-refractivity contribution in [1.82, 2.24) is 0 Å². The molecule has 0 aromatic heterocycles. The van der Waals surface area contributed by atoms with Gasteiger partial charge in [-0.2, -0.15) is 0 Å². The van der Waals surface area contributed by atoms with E-state index in [1.54, 1.807) is 0 Å². The topological polar surface area (TPSA) is 17.1 Å². The van der Waals surface area contributed by atoms with Crippen LogP contribution >= 0.6 is 0 Å². The summed E-state index contributed by atoms with van der Waals surface area (Å²) in [7, 11) is 0. The molecule has 0 amide bonds. The van der Waals surface area contributed by atoms with Gasteiger partial charge in [-0.05, 0) is 32.6 Å². The Balaban J connectivity index is 3.43. The van der Waals surface area contributed by atoms with Crippen LogP contribution in [0.2, 0.25) is 0 Å². The maximum atomic E-state index is 11.3. The average molecular weight is 234 g/mol. The molecule has 0 aromatic rings. The van der Waals surface area contributed by atoms with Gasteiger partial charge in [0.15, 0.2) is 0 Å². The normalized spacial score (nSPS) is 12.5. The molecule has 0 aliphatic carbocycles. The Morgan fingerprint density at radius 2 is 1.59 bits per heavy atom. The Kier molecular flexibility index (Phi) is 10.6. The molecule has 17 heavy (non-hydrogen) atoms. The number of allylic oxidation sites excluding steroid dienone is 6. The molecule has 0 heterocycles. The highest BCUT2D eigenvalue weighted by molar-refractivity contribution is 5.80. The minimum Gasteiger partial charge on any atom is -0.299 e. The van der Waals surface area contributed by atoms with Crippen LogP contribution in [0.3, 0.4) is 0 Å². The molecular formula is C16H26O. The summed E-state index contributed by atoms with van der Waals surface area (Å²) in [5, 5.41) is 0. The molecule has 0 saturated carbocycles. The monoisotopic (exact) mass is 234 g/mol. The molecule has 0 unspecified atom stereocenters. The van der Waals surface area contributed by atoms with E-state index in [1.807, 2.05) is 20.8 Å². The van der Waals surface area contributed by atoms with Crippen molar-refractivity contribution in [3.8, 4) is 0 Å². The van der Waals surface area contributed by atoms with E-state index in [0.29, 0.717) is 5.78 Å². The number of unbranched alkanes of at least 4 members (excludes halogenated alkanes) is 1. The molecular weight excluding hydrogens is 208 g/mol.